The van der Waals surface area contributed by atoms with Crippen LogP contribution in [0.2, 0.25) is 0 Å². The highest BCUT2D eigenvalue weighted by Gasteiger charge is 2.17. The van der Waals surface area contributed by atoms with Gasteiger partial charge >= 0.3 is 0 Å². The Balaban J connectivity index is 1.63. The third kappa shape index (κ3) is 3.11. The van der Waals surface area contributed by atoms with E-state index < -0.39 is 0 Å². The summed E-state index contributed by atoms with van der Waals surface area (Å²) >= 11 is 0. The van der Waals surface area contributed by atoms with Crippen molar-refractivity contribution in [1.82, 2.24) is 9.88 Å². The van der Waals surface area contributed by atoms with Gasteiger partial charge in [-0.05, 0) is 44.5 Å². The van der Waals surface area contributed by atoms with Gasteiger partial charge in [0.1, 0.15) is 5.52 Å². The molecular weight excluding hydrogens is 254 g/mol. The van der Waals surface area contributed by atoms with Gasteiger partial charge in [-0.15, -0.1) is 0 Å². The van der Waals surface area contributed by atoms with Crippen LogP contribution in [-0.2, 0) is 11.3 Å². The molecule has 1 unspecified atom stereocenters. The fourth-order valence-electron chi connectivity index (χ4n) is 2.65. The topological polar surface area (TPSA) is 64.5 Å². The third-order valence-electron chi connectivity index (χ3n) is 3.65. The molecular formula is C15H21N3O2. The molecule has 20 heavy (non-hydrogen) atoms. The molecule has 1 saturated heterocycles. The first-order chi connectivity index (χ1) is 9.70. The molecule has 2 N–H and O–H groups in total. The number of oxazole rings is 1. The molecule has 3 rings (SSSR count). The maximum atomic E-state index is 5.75. The maximum Gasteiger partial charge on any atom is 0.209 e. The molecule has 1 fully saturated rings. The molecule has 5 nitrogen and oxygen atoms in total. The SMILES string of the molecule is CN(Cc1nc2cc(N)ccc2o1)CC1CCCCO1. The standard InChI is InChI=1S/C15H21N3O2/c1-18(9-12-4-2-3-7-19-12)10-15-17-13-8-11(16)5-6-14(13)20-15/h5-6,8,12H,2-4,7,9-10,16H2,1H3. The van der Waals surface area contributed by atoms with Gasteiger partial charge in [-0.3, -0.25) is 4.90 Å². The first-order valence-electron chi connectivity index (χ1n) is 7.16. The molecule has 0 bridgehead atoms. The summed E-state index contributed by atoms with van der Waals surface area (Å²) in [6.45, 7) is 2.50. The highest BCUT2D eigenvalue weighted by atomic mass is 16.5. The molecule has 0 aliphatic carbocycles. The van der Waals surface area contributed by atoms with Crippen LogP contribution < -0.4 is 5.73 Å². The van der Waals surface area contributed by atoms with E-state index in [0.29, 0.717) is 18.3 Å². The van der Waals surface area contributed by atoms with Crippen LogP contribution in [0.15, 0.2) is 22.6 Å². The molecule has 1 aromatic carbocycles. The molecule has 1 aliphatic heterocycles. The Kier molecular flexibility index (Phi) is 3.89. The molecule has 1 aliphatic rings. The zero-order valence-electron chi connectivity index (χ0n) is 11.8. The summed E-state index contributed by atoms with van der Waals surface area (Å²) in [7, 11) is 2.07. The van der Waals surface area contributed by atoms with Crippen molar-refractivity contribution in [3.05, 3.63) is 24.1 Å². The molecule has 2 aromatic rings. The number of ether oxygens (including phenoxy) is 1. The number of nitrogens with two attached hydrogens (primary N) is 1. The molecule has 5 heteroatoms. The van der Waals surface area contributed by atoms with E-state index in [4.69, 9.17) is 14.9 Å². The van der Waals surface area contributed by atoms with Crippen LogP contribution in [0.4, 0.5) is 5.69 Å². The summed E-state index contributed by atoms with van der Waals surface area (Å²) in [5.74, 6) is 0.726. The normalized spacial score (nSPS) is 19.8. The average molecular weight is 275 g/mol. The van der Waals surface area contributed by atoms with Crippen molar-refractivity contribution in [2.24, 2.45) is 0 Å². The predicted molar refractivity (Wildman–Crippen MR) is 78.3 cm³/mol. The predicted octanol–water partition coefficient (Wildman–Crippen LogP) is 2.41. The Morgan fingerprint density at radius 3 is 3.10 bits per heavy atom. The van der Waals surface area contributed by atoms with E-state index in [2.05, 4.69) is 16.9 Å². The molecule has 0 spiro atoms. The van der Waals surface area contributed by atoms with Gasteiger partial charge in [-0.2, -0.15) is 0 Å². The summed E-state index contributed by atoms with van der Waals surface area (Å²) in [5.41, 5.74) is 8.07. The maximum absolute atomic E-state index is 5.75. The Morgan fingerprint density at radius 2 is 2.30 bits per heavy atom. The number of likely N-dealkylation sites (N-methyl/N-ethyl adjacent to an activating group) is 1. The highest BCUT2D eigenvalue weighted by molar-refractivity contribution is 5.76. The second-order valence-electron chi connectivity index (χ2n) is 5.52. The van der Waals surface area contributed by atoms with Crippen LogP contribution in [0, 0.1) is 0 Å². The fourth-order valence-corrected chi connectivity index (χ4v) is 2.65. The first-order valence-corrected chi connectivity index (χ1v) is 7.16. The summed E-state index contributed by atoms with van der Waals surface area (Å²) < 4.78 is 11.5. The number of rotatable bonds is 4. The minimum absolute atomic E-state index is 0.341. The van der Waals surface area contributed by atoms with E-state index in [0.717, 1.165) is 36.6 Å². The van der Waals surface area contributed by atoms with Gasteiger partial charge in [-0.1, -0.05) is 0 Å². The van der Waals surface area contributed by atoms with Crippen LogP contribution in [0.1, 0.15) is 25.2 Å². The van der Waals surface area contributed by atoms with Crippen molar-refractivity contribution in [2.45, 2.75) is 31.9 Å². The van der Waals surface area contributed by atoms with Crippen LogP contribution in [-0.4, -0.2) is 36.2 Å². The van der Waals surface area contributed by atoms with Crippen molar-refractivity contribution >= 4 is 16.8 Å². The van der Waals surface area contributed by atoms with Gasteiger partial charge in [0.05, 0.1) is 12.6 Å². The molecule has 0 radical (unpaired) electrons. The largest absolute Gasteiger partial charge is 0.439 e. The minimum Gasteiger partial charge on any atom is -0.439 e. The van der Waals surface area contributed by atoms with Crippen LogP contribution >= 0.6 is 0 Å². The second kappa shape index (κ2) is 5.81. The van der Waals surface area contributed by atoms with E-state index in [1.54, 1.807) is 0 Å². The molecule has 1 atom stereocenters. The number of anilines is 1. The lowest BCUT2D eigenvalue weighted by molar-refractivity contribution is -0.00354. The van der Waals surface area contributed by atoms with Crippen LogP contribution in [0.25, 0.3) is 11.1 Å². The summed E-state index contributed by atoms with van der Waals surface area (Å²) in [5, 5.41) is 0. The number of hydrogen-bond acceptors (Lipinski definition) is 5. The number of nitrogen functional groups attached to an aromatic ring is 1. The van der Waals surface area contributed by atoms with E-state index >= 15 is 0 Å². The van der Waals surface area contributed by atoms with Gasteiger partial charge in [0.25, 0.3) is 0 Å². The third-order valence-corrected chi connectivity index (χ3v) is 3.65. The van der Waals surface area contributed by atoms with Crippen molar-refractivity contribution in [3.8, 4) is 0 Å². The van der Waals surface area contributed by atoms with E-state index in [9.17, 15) is 0 Å². The van der Waals surface area contributed by atoms with Gasteiger partial charge in [-0.25, -0.2) is 4.98 Å². The quantitative estimate of drug-likeness (QED) is 0.868. The monoisotopic (exact) mass is 275 g/mol. The lowest BCUT2D eigenvalue weighted by Crippen LogP contribution is -2.33. The molecule has 108 valence electrons. The number of aromatic nitrogens is 1. The average Bonchev–Trinajstić information content (AvgIpc) is 2.80. The Bertz CT molecular complexity index is 576. The van der Waals surface area contributed by atoms with Crippen molar-refractivity contribution in [1.29, 1.82) is 0 Å². The first kappa shape index (κ1) is 13.4. The van der Waals surface area contributed by atoms with Gasteiger partial charge in [0.15, 0.2) is 5.58 Å². The number of benzene rings is 1. The van der Waals surface area contributed by atoms with E-state index in [-0.39, 0.29) is 0 Å². The zero-order valence-corrected chi connectivity index (χ0v) is 11.8. The number of fused-ring (bicyclic) bond motifs is 1. The minimum atomic E-state index is 0.341. The lowest BCUT2D eigenvalue weighted by Gasteiger charge is -2.26. The molecule has 1 aromatic heterocycles. The van der Waals surface area contributed by atoms with Crippen LogP contribution in [0.5, 0.6) is 0 Å². The number of nitrogens with zero attached hydrogens (tertiary/aromatic N) is 2. The summed E-state index contributed by atoms with van der Waals surface area (Å²) in [6.07, 6.45) is 3.94. The molecule has 2 heterocycles. The summed E-state index contributed by atoms with van der Waals surface area (Å²) in [6, 6.07) is 5.54. The number of hydrogen-bond donors (Lipinski definition) is 1. The molecule has 0 amide bonds. The zero-order chi connectivity index (χ0) is 13.9. The van der Waals surface area contributed by atoms with E-state index in [1.807, 2.05) is 18.2 Å². The Hall–Kier alpha value is -1.59. The second-order valence-corrected chi connectivity index (χ2v) is 5.52. The van der Waals surface area contributed by atoms with Gasteiger partial charge in [0.2, 0.25) is 5.89 Å². The van der Waals surface area contributed by atoms with E-state index in [1.165, 1.54) is 12.8 Å². The van der Waals surface area contributed by atoms with Gasteiger partial charge < -0.3 is 14.9 Å². The smallest absolute Gasteiger partial charge is 0.209 e. The highest BCUT2D eigenvalue weighted by Crippen LogP contribution is 2.19. The Morgan fingerprint density at radius 1 is 1.40 bits per heavy atom. The summed E-state index contributed by atoms with van der Waals surface area (Å²) in [4.78, 5) is 6.68. The van der Waals surface area contributed by atoms with Crippen LogP contribution in [0.3, 0.4) is 0 Å². The van der Waals surface area contributed by atoms with Crippen molar-refractivity contribution < 1.29 is 9.15 Å². The van der Waals surface area contributed by atoms with Crippen molar-refractivity contribution in [2.75, 3.05) is 25.9 Å². The Labute approximate surface area is 118 Å². The lowest BCUT2D eigenvalue weighted by atomic mass is 10.1. The van der Waals surface area contributed by atoms with Crippen molar-refractivity contribution in [3.63, 3.8) is 0 Å². The van der Waals surface area contributed by atoms with Gasteiger partial charge in [0, 0.05) is 18.8 Å². The molecule has 0 saturated carbocycles. The fraction of sp³-hybridized carbons (Fsp3) is 0.533.